The van der Waals surface area contributed by atoms with Crippen LogP contribution in [-0.4, -0.2) is 32.2 Å². The zero-order valence-corrected chi connectivity index (χ0v) is 17.0. The molecule has 1 atom stereocenters. The first-order valence-corrected chi connectivity index (χ1v) is 9.79. The molecule has 0 saturated heterocycles. The summed E-state index contributed by atoms with van der Waals surface area (Å²) in [6.45, 7) is 5.03. The molecule has 4 aromatic rings. The number of aryl methyl sites for hydroxylation is 2. The highest BCUT2D eigenvalue weighted by molar-refractivity contribution is 5.41. The van der Waals surface area contributed by atoms with E-state index < -0.39 is 0 Å². The highest BCUT2D eigenvalue weighted by Crippen LogP contribution is 2.29. The predicted octanol–water partition coefficient (Wildman–Crippen LogP) is 4.50. The summed E-state index contributed by atoms with van der Waals surface area (Å²) in [5, 5.41) is 12.8. The smallest absolute Gasteiger partial charge is 0.178 e. The van der Waals surface area contributed by atoms with E-state index in [9.17, 15) is 0 Å². The third-order valence-electron chi connectivity index (χ3n) is 5.32. The molecule has 0 N–H and O–H groups in total. The molecule has 0 spiro atoms. The fourth-order valence-electron chi connectivity index (χ4n) is 3.72. The Balaban J connectivity index is 1.78. The van der Waals surface area contributed by atoms with Gasteiger partial charge in [-0.25, -0.2) is 0 Å². The van der Waals surface area contributed by atoms with Crippen LogP contribution in [0.2, 0.25) is 0 Å². The first kappa shape index (κ1) is 19.0. The second kappa shape index (κ2) is 8.37. The van der Waals surface area contributed by atoms with Gasteiger partial charge in [0.05, 0.1) is 11.7 Å². The molecule has 0 fully saturated rings. The van der Waals surface area contributed by atoms with E-state index in [4.69, 9.17) is 0 Å². The summed E-state index contributed by atoms with van der Waals surface area (Å²) < 4.78 is 1.86. The largest absolute Gasteiger partial charge is 0.288 e. The number of benzene rings is 3. The average Bonchev–Trinajstić information content (AvgIpc) is 3.20. The molecule has 0 bridgehead atoms. The maximum absolute atomic E-state index is 4.46. The van der Waals surface area contributed by atoms with Crippen LogP contribution in [0.1, 0.15) is 34.1 Å². The second-order valence-corrected chi connectivity index (χ2v) is 7.39. The van der Waals surface area contributed by atoms with Crippen LogP contribution in [0.25, 0.3) is 5.69 Å². The van der Waals surface area contributed by atoms with Crippen LogP contribution in [0.3, 0.4) is 0 Å². The van der Waals surface area contributed by atoms with Gasteiger partial charge < -0.3 is 0 Å². The quantitative estimate of drug-likeness (QED) is 0.492. The maximum Gasteiger partial charge on any atom is 0.178 e. The van der Waals surface area contributed by atoms with E-state index in [-0.39, 0.29) is 6.04 Å². The molecule has 29 heavy (non-hydrogen) atoms. The van der Waals surface area contributed by atoms with Crippen LogP contribution in [0.15, 0.2) is 78.9 Å². The topological polar surface area (TPSA) is 46.8 Å². The number of hydrogen-bond donors (Lipinski definition) is 0. The summed E-state index contributed by atoms with van der Waals surface area (Å²) >= 11 is 0. The van der Waals surface area contributed by atoms with Crippen LogP contribution in [0.5, 0.6) is 0 Å². The van der Waals surface area contributed by atoms with Gasteiger partial charge in [0, 0.05) is 6.54 Å². The van der Waals surface area contributed by atoms with Gasteiger partial charge in [-0.1, -0.05) is 72.8 Å². The van der Waals surface area contributed by atoms with Crippen molar-refractivity contribution in [1.82, 2.24) is 25.1 Å². The molecule has 1 heterocycles. The molecule has 1 aromatic heterocycles. The van der Waals surface area contributed by atoms with E-state index >= 15 is 0 Å². The molecule has 0 aliphatic rings. The lowest BCUT2D eigenvalue weighted by molar-refractivity contribution is 0.258. The molecule has 4 rings (SSSR count). The van der Waals surface area contributed by atoms with E-state index in [0.29, 0.717) is 0 Å². The molecule has 0 radical (unpaired) electrons. The lowest BCUT2D eigenvalue weighted by atomic mass is 10.0. The first-order valence-electron chi connectivity index (χ1n) is 9.79. The molecule has 5 heteroatoms. The molecule has 1 unspecified atom stereocenters. The number of nitrogens with zero attached hydrogens (tertiary/aromatic N) is 5. The lowest BCUT2D eigenvalue weighted by Gasteiger charge is -2.28. The first-order chi connectivity index (χ1) is 14.1. The van der Waals surface area contributed by atoms with Crippen molar-refractivity contribution in [2.24, 2.45) is 0 Å². The highest BCUT2D eigenvalue weighted by atomic mass is 15.6. The van der Waals surface area contributed by atoms with Crippen molar-refractivity contribution in [3.63, 3.8) is 0 Å². The number of aromatic nitrogens is 4. The summed E-state index contributed by atoms with van der Waals surface area (Å²) in [4.78, 5) is 2.30. The Morgan fingerprint density at radius 2 is 1.48 bits per heavy atom. The maximum atomic E-state index is 4.46. The average molecular weight is 383 g/mol. The Labute approximate surface area is 171 Å². The van der Waals surface area contributed by atoms with Gasteiger partial charge in [0.1, 0.15) is 0 Å². The minimum absolute atomic E-state index is 0.0783. The van der Waals surface area contributed by atoms with Crippen LogP contribution in [-0.2, 0) is 6.54 Å². The summed E-state index contributed by atoms with van der Waals surface area (Å²) in [7, 11) is 2.13. The minimum atomic E-state index is -0.0783. The zero-order chi connectivity index (χ0) is 20.2. The predicted molar refractivity (Wildman–Crippen MR) is 115 cm³/mol. The number of rotatable bonds is 6. The normalized spacial score (nSPS) is 12.3. The minimum Gasteiger partial charge on any atom is -0.288 e. The molecular weight excluding hydrogens is 358 g/mol. The fraction of sp³-hybridized carbons (Fsp3) is 0.208. The van der Waals surface area contributed by atoms with Crippen LogP contribution in [0.4, 0.5) is 0 Å². The Morgan fingerprint density at radius 1 is 0.828 bits per heavy atom. The Hall–Kier alpha value is -3.31. The van der Waals surface area contributed by atoms with Crippen molar-refractivity contribution in [3.05, 3.63) is 107 Å². The summed E-state index contributed by atoms with van der Waals surface area (Å²) in [6.07, 6.45) is 0. The van der Waals surface area contributed by atoms with Crippen molar-refractivity contribution < 1.29 is 0 Å². The van der Waals surface area contributed by atoms with Gasteiger partial charge in [0.25, 0.3) is 0 Å². The number of tetrazole rings is 1. The van der Waals surface area contributed by atoms with Crippen molar-refractivity contribution in [3.8, 4) is 5.69 Å². The molecule has 5 nitrogen and oxygen atoms in total. The van der Waals surface area contributed by atoms with Gasteiger partial charge in [-0.3, -0.25) is 4.90 Å². The molecule has 146 valence electrons. The summed E-state index contributed by atoms with van der Waals surface area (Å²) in [5.41, 5.74) is 5.87. The van der Waals surface area contributed by atoms with Crippen LogP contribution < -0.4 is 0 Å². The summed E-state index contributed by atoms with van der Waals surface area (Å²) in [6, 6.07) is 27.0. The Morgan fingerprint density at radius 3 is 2.21 bits per heavy atom. The molecule has 0 saturated carbocycles. The molecule has 0 amide bonds. The van der Waals surface area contributed by atoms with Gasteiger partial charge in [-0.2, -0.15) is 4.68 Å². The van der Waals surface area contributed by atoms with Crippen molar-refractivity contribution >= 4 is 0 Å². The van der Waals surface area contributed by atoms with Gasteiger partial charge in [-0.05, 0) is 59.6 Å². The van der Waals surface area contributed by atoms with E-state index in [2.05, 4.69) is 102 Å². The molecule has 3 aromatic carbocycles. The number of hydrogen-bond acceptors (Lipinski definition) is 4. The van der Waals surface area contributed by atoms with Crippen molar-refractivity contribution in [2.45, 2.75) is 26.4 Å². The monoisotopic (exact) mass is 383 g/mol. The standard InChI is InChI=1S/C24H25N5/c1-18-11-7-9-15-21(18)17-28(3)23(20-13-5-4-6-14-20)24-25-26-27-29(24)22-16-10-8-12-19(22)2/h4-16,23H,17H2,1-3H3. The summed E-state index contributed by atoms with van der Waals surface area (Å²) in [5.74, 6) is 0.807. The van der Waals surface area contributed by atoms with Crippen molar-refractivity contribution in [1.29, 1.82) is 0 Å². The van der Waals surface area contributed by atoms with E-state index in [0.717, 1.165) is 29.2 Å². The Bertz CT molecular complexity index is 1090. The molecule has 0 aliphatic heterocycles. The van der Waals surface area contributed by atoms with Crippen LogP contribution in [0, 0.1) is 13.8 Å². The van der Waals surface area contributed by atoms with Gasteiger partial charge >= 0.3 is 0 Å². The van der Waals surface area contributed by atoms with Crippen molar-refractivity contribution in [2.75, 3.05) is 7.05 Å². The fourth-order valence-corrected chi connectivity index (χ4v) is 3.72. The lowest BCUT2D eigenvalue weighted by Crippen LogP contribution is -2.28. The molecule has 0 aliphatic carbocycles. The second-order valence-electron chi connectivity index (χ2n) is 7.39. The molecular formula is C24H25N5. The third kappa shape index (κ3) is 3.96. The van der Waals surface area contributed by atoms with E-state index in [1.54, 1.807) is 0 Å². The number of para-hydroxylation sites is 1. The van der Waals surface area contributed by atoms with Gasteiger partial charge in [0.15, 0.2) is 5.82 Å². The zero-order valence-electron chi connectivity index (χ0n) is 17.0. The van der Waals surface area contributed by atoms with E-state index in [1.807, 2.05) is 22.9 Å². The highest BCUT2D eigenvalue weighted by Gasteiger charge is 2.26. The van der Waals surface area contributed by atoms with E-state index in [1.165, 1.54) is 11.1 Å². The Kier molecular flexibility index (Phi) is 5.49. The van der Waals surface area contributed by atoms with Crippen LogP contribution >= 0.6 is 0 Å². The SMILES string of the molecule is Cc1ccccc1CN(C)C(c1ccccc1)c1nnnn1-c1ccccc1C. The third-order valence-corrected chi connectivity index (χ3v) is 5.32. The van der Waals surface area contributed by atoms with Gasteiger partial charge in [0.2, 0.25) is 0 Å². The van der Waals surface area contributed by atoms with Gasteiger partial charge in [-0.15, -0.1) is 5.10 Å².